The molecular weight excluding hydrogens is 278 g/mol. The topological polar surface area (TPSA) is 66.4 Å². The number of nitrogens with one attached hydrogen (secondary N) is 1. The van der Waals surface area contributed by atoms with Gasteiger partial charge in [-0.2, -0.15) is 0 Å². The van der Waals surface area contributed by atoms with Crippen LogP contribution in [0.15, 0.2) is 36.0 Å². The number of carbonyl (C=O) groups excluding carboxylic acids is 2. The molecule has 0 radical (unpaired) electrons. The van der Waals surface area contributed by atoms with Gasteiger partial charge in [-0.15, -0.1) is 6.58 Å². The monoisotopic (exact) mass is 303 g/mol. The zero-order valence-corrected chi connectivity index (χ0v) is 13.6. The van der Waals surface area contributed by atoms with Gasteiger partial charge >= 0.3 is 0 Å². The number of rotatable bonds is 4. The first kappa shape index (κ1) is 16.7. The normalized spacial score (nSPS) is 32.5. The standard InChI is InChI=1S/C18H25NO3/c1-5-10-19-17(22)11(2)13-6-8-18(4)9-7-14(20)12(3)15(18)16(13)21/h5,7,9,11,13,16,21H,1,6,8,10H2,2-4H3,(H,19,22). The van der Waals surface area contributed by atoms with E-state index in [2.05, 4.69) is 18.8 Å². The van der Waals surface area contributed by atoms with Gasteiger partial charge in [-0.3, -0.25) is 9.59 Å². The van der Waals surface area contributed by atoms with Crippen LogP contribution < -0.4 is 5.32 Å². The molecule has 0 aliphatic heterocycles. The van der Waals surface area contributed by atoms with Crippen molar-refractivity contribution in [1.29, 1.82) is 0 Å². The quantitative estimate of drug-likeness (QED) is 0.782. The minimum absolute atomic E-state index is 0.0454. The van der Waals surface area contributed by atoms with E-state index in [-0.39, 0.29) is 28.9 Å². The Labute approximate surface area is 132 Å². The van der Waals surface area contributed by atoms with Gasteiger partial charge < -0.3 is 10.4 Å². The van der Waals surface area contributed by atoms with Gasteiger partial charge in [-0.1, -0.05) is 26.0 Å². The number of amides is 1. The number of ketones is 1. The Morgan fingerprint density at radius 1 is 1.64 bits per heavy atom. The minimum Gasteiger partial charge on any atom is -0.388 e. The van der Waals surface area contributed by atoms with Gasteiger partial charge in [-0.25, -0.2) is 0 Å². The highest BCUT2D eigenvalue weighted by Gasteiger charge is 2.46. The molecule has 120 valence electrons. The fraction of sp³-hybridized carbons (Fsp3) is 0.556. The van der Waals surface area contributed by atoms with Crippen LogP contribution in [0.1, 0.15) is 33.6 Å². The van der Waals surface area contributed by atoms with Crippen LogP contribution in [0.5, 0.6) is 0 Å². The van der Waals surface area contributed by atoms with Gasteiger partial charge in [-0.05, 0) is 37.0 Å². The van der Waals surface area contributed by atoms with E-state index in [4.69, 9.17) is 0 Å². The summed E-state index contributed by atoms with van der Waals surface area (Å²) in [6, 6.07) is 0. The lowest BCUT2D eigenvalue weighted by atomic mass is 9.61. The first-order chi connectivity index (χ1) is 10.3. The van der Waals surface area contributed by atoms with Crippen LogP contribution in [0, 0.1) is 17.3 Å². The average molecular weight is 303 g/mol. The van der Waals surface area contributed by atoms with Gasteiger partial charge in [0.05, 0.1) is 6.10 Å². The number of carbonyl (C=O) groups is 2. The van der Waals surface area contributed by atoms with E-state index in [1.54, 1.807) is 19.1 Å². The Bertz CT molecular complexity index is 561. The fourth-order valence-corrected chi connectivity index (χ4v) is 3.70. The van der Waals surface area contributed by atoms with Crippen molar-refractivity contribution in [2.24, 2.45) is 17.3 Å². The lowest BCUT2D eigenvalue weighted by Gasteiger charge is -2.45. The zero-order valence-electron chi connectivity index (χ0n) is 13.6. The van der Waals surface area contributed by atoms with E-state index in [1.807, 2.05) is 13.0 Å². The Kier molecular flexibility index (Phi) is 4.71. The van der Waals surface area contributed by atoms with Gasteiger partial charge in [0.15, 0.2) is 5.78 Å². The molecule has 2 N–H and O–H groups in total. The second-order valence-corrected chi connectivity index (χ2v) is 6.62. The Hall–Kier alpha value is -1.68. The van der Waals surface area contributed by atoms with Crippen molar-refractivity contribution in [3.8, 4) is 0 Å². The van der Waals surface area contributed by atoms with E-state index < -0.39 is 6.10 Å². The molecule has 2 rings (SSSR count). The third-order valence-electron chi connectivity index (χ3n) is 5.17. The molecule has 0 saturated heterocycles. The molecule has 0 heterocycles. The molecule has 1 saturated carbocycles. The number of allylic oxidation sites excluding steroid dienone is 3. The molecule has 0 spiro atoms. The summed E-state index contributed by atoms with van der Waals surface area (Å²) in [5.41, 5.74) is 1.14. The summed E-state index contributed by atoms with van der Waals surface area (Å²) in [5.74, 6) is -0.595. The highest BCUT2D eigenvalue weighted by Crippen LogP contribution is 2.49. The smallest absolute Gasteiger partial charge is 0.223 e. The van der Waals surface area contributed by atoms with Crippen LogP contribution in [-0.4, -0.2) is 29.4 Å². The molecule has 4 heteroatoms. The van der Waals surface area contributed by atoms with Crippen molar-refractivity contribution in [1.82, 2.24) is 5.32 Å². The number of aliphatic hydroxyl groups is 1. The van der Waals surface area contributed by atoms with Crippen molar-refractivity contribution >= 4 is 11.7 Å². The molecule has 4 unspecified atom stereocenters. The SMILES string of the molecule is C=CCNC(=O)C(C)C1CCC2(C)C=CC(=O)C(C)=C2C1O. The molecule has 1 amide bonds. The van der Waals surface area contributed by atoms with Crippen molar-refractivity contribution in [2.75, 3.05) is 6.54 Å². The molecule has 0 aromatic rings. The van der Waals surface area contributed by atoms with Crippen LogP contribution in [0.4, 0.5) is 0 Å². The molecular formula is C18H25NO3. The van der Waals surface area contributed by atoms with Crippen molar-refractivity contribution in [3.05, 3.63) is 36.0 Å². The summed E-state index contributed by atoms with van der Waals surface area (Å²) >= 11 is 0. The highest BCUT2D eigenvalue weighted by molar-refractivity contribution is 6.05. The Morgan fingerprint density at radius 2 is 2.32 bits per heavy atom. The summed E-state index contributed by atoms with van der Waals surface area (Å²) in [6.45, 7) is 9.67. The van der Waals surface area contributed by atoms with Crippen LogP contribution in [-0.2, 0) is 9.59 Å². The summed E-state index contributed by atoms with van der Waals surface area (Å²) in [7, 11) is 0. The minimum atomic E-state index is -0.753. The lowest BCUT2D eigenvalue weighted by Crippen LogP contribution is -2.46. The fourth-order valence-electron chi connectivity index (χ4n) is 3.70. The van der Waals surface area contributed by atoms with E-state index >= 15 is 0 Å². The Balaban J connectivity index is 2.25. The van der Waals surface area contributed by atoms with Crippen molar-refractivity contribution in [2.45, 2.75) is 39.7 Å². The number of hydrogen-bond acceptors (Lipinski definition) is 3. The van der Waals surface area contributed by atoms with Gasteiger partial charge in [0.25, 0.3) is 0 Å². The molecule has 4 atom stereocenters. The summed E-state index contributed by atoms with van der Waals surface area (Å²) in [6.07, 6.45) is 5.99. The van der Waals surface area contributed by atoms with Crippen LogP contribution in [0.25, 0.3) is 0 Å². The predicted molar refractivity (Wildman–Crippen MR) is 86.1 cm³/mol. The summed E-state index contributed by atoms with van der Waals surface area (Å²) < 4.78 is 0. The Morgan fingerprint density at radius 3 is 2.95 bits per heavy atom. The van der Waals surface area contributed by atoms with E-state index in [9.17, 15) is 14.7 Å². The van der Waals surface area contributed by atoms with Crippen molar-refractivity contribution in [3.63, 3.8) is 0 Å². The van der Waals surface area contributed by atoms with Gasteiger partial charge in [0, 0.05) is 23.8 Å². The maximum absolute atomic E-state index is 12.2. The molecule has 4 nitrogen and oxygen atoms in total. The molecule has 22 heavy (non-hydrogen) atoms. The highest BCUT2D eigenvalue weighted by atomic mass is 16.3. The number of hydrogen-bond donors (Lipinski definition) is 2. The maximum atomic E-state index is 12.2. The van der Waals surface area contributed by atoms with Gasteiger partial charge in [0.2, 0.25) is 5.91 Å². The molecule has 2 aliphatic rings. The second-order valence-electron chi connectivity index (χ2n) is 6.62. The maximum Gasteiger partial charge on any atom is 0.223 e. The number of fused-ring (bicyclic) bond motifs is 1. The number of aliphatic hydroxyl groups excluding tert-OH is 1. The average Bonchev–Trinajstić information content (AvgIpc) is 2.48. The van der Waals surface area contributed by atoms with Gasteiger partial charge in [0.1, 0.15) is 0 Å². The summed E-state index contributed by atoms with van der Waals surface area (Å²) in [5, 5.41) is 13.6. The third-order valence-corrected chi connectivity index (χ3v) is 5.17. The first-order valence-corrected chi connectivity index (χ1v) is 7.83. The first-order valence-electron chi connectivity index (χ1n) is 7.83. The molecule has 0 bridgehead atoms. The molecule has 2 aliphatic carbocycles. The lowest BCUT2D eigenvalue weighted by molar-refractivity contribution is -0.128. The summed E-state index contributed by atoms with van der Waals surface area (Å²) in [4.78, 5) is 24.1. The molecule has 0 aromatic heterocycles. The molecule has 1 fully saturated rings. The van der Waals surface area contributed by atoms with Crippen LogP contribution in [0.2, 0.25) is 0 Å². The molecule has 0 aromatic carbocycles. The predicted octanol–water partition coefficient (Wildman–Crippen LogP) is 2.16. The van der Waals surface area contributed by atoms with E-state index in [0.29, 0.717) is 12.1 Å². The van der Waals surface area contributed by atoms with Crippen LogP contribution in [0.3, 0.4) is 0 Å². The van der Waals surface area contributed by atoms with Crippen molar-refractivity contribution < 1.29 is 14.7 Å². The second kappa shape index (κ2) is 6.21. The van der Waals surface area contributed by atoms with Crippen LogP contribution >= 0.6 is 0 Å². The zero-order chi connectivity index (χ0) is 16.5. The van der Waals surface area contributed by atoms with E-state index in [1.165, 1.54) is 0 Å². The van der Waals surface area contributed by atoms with E-state index in [0.717, 1.165) is 18.4 Å². The largest absolute Gasteiger partial charge is 0.388 e. The third kappa shape index (κ3) is 2.80.